The van der Waals surface area contributed by atoms with E-state index in [9.17, 15) is 19.2 Å². The summed E-state index contributed by atoms with van der Waals surface area (Å²) in [6.45, 7) is 3.71. The highest BCUT2D eigenvalue weighted by molar-refractivity contribution is 5.98. The van der Waals surface area contributed by atoms with Crippen molar-refractivity contribution < 1.29 is 29.4 Å². The molecule has 10 nitrogen and oxygen atoms in total. The van der Waals surface area contributed by atoms with Crippen LogP contribution in [-0.2, 0) is 19.2 Å². The third-order valence-corrected chi connectivity index (χ3v) is 3.41. The van der Waals surface area contributed by atoms with E-state index >= 15 is 0 Å². The Balaban J connectivity index is 2.74. The van der Waals surface area contributed by atoms with E-state index in [1.54, 1.807) is 0 Å². The van der Waals surface area contributed by atoms with Crippen LogP contribution in [0.3, 0.4) is 0 Å². The van der Waals surface area contributed by atoms with Crippen LogP contribution >= 0.6 is 0 Å². The molecule has 2 amide bonds. The van der Waals surface area contributed by atoms with Crippen LogP contribution in [0.4, 0.5) is 11.5 Å². The van der Waals surface area contributed by atoms with E-state index in [2.05, 4.69) is 15.7 Å². The standard InChI is InChI=1S/C16H24N4O6/c1-10(2)20-16(19-13(22)6-4-8-15(25)26)11(9-17-20)18-12(21)5-3-7-14(23)24/h9-10H,3-8H2,1-2H3,(H,18,21)(H,19,22)(H,23,24)(H,25,26). The van der Waals surface area contributed by atoms with E-state index in [0.717, 1.165) is 0 Å². The number of amides is 2. The van der Waals surface area contributed by atoms with Crippen LogP contribution in [0.25, 0.3) is 0 Å². The van der Waals surface area contributed by atoms with Gasteiger partial charge in [0.05, 0.1) is 6.20 Å². The molecule has 0 saturated carbocycles. The quantitative estimate of drug-likeness (QED) is 0.465. The van der Waals surface area contributed by atoms with Crippen molar-refractivity contribution in [3.8, 4) is 0 Å². The van der Waals surface area contributed by atoms with Gasteiger partial charge in [-0.2, -0.15) is 5.10 Å². The fourth-order valence-electron chi connectivity index (χ4n) is 2.18. The number of nitrogens with zero attached hydrogens (tertiary/aromatic N) is 2. The molecule has 10 heteroatoms. The van der Waals surface area contributed by atoms with E-state index in [1.165, 1.54) is 10.9 Å². The minimum Gasteiger partial charge on any atom is -0.481 e. The molecule has 0 saturated heterocycles. The number of hydrogen-bond donors (Lipinski definition) is 4. The van der Waals surface area contributed by atoms with Crippen molar-refractivity contribution in [1.29, 1.82) is 0 Å². The second-order valence-electron chi connectivity index (χ2n) is 6.04. The van der Waals surface area contributed by atoms with Crippen molar-refractivity contribution in [3.05, 3.63) is 6.20 Å². The number of nitrogens with one attached hydrogen (secondary N) is 2. The first-order chi connectivity index (χ1) is 12.2. The summed E-state index contributed by atoms with van der Waals surface area (Å²) >= 11 is 0. The third kappa shape index (κ3) is 7.32. The van der Waals surface area contributed by atoms with E-state index < -0.39 is 11.9 Å². The molecule has 1 aromatic rings. The Hall–Kier alpha value is -2.91. The van der Waals surface area contributed by atoms with E-state index in [4.69, 9.17) is 10.2 Å². The summed E-state index contributed by atoms with van der Waals surface area (Å²) in [4.78, 5) is 45.0. The Morgan fingerprint density at radius 2 is 1.46 bits per heavy atom. The van der Waals surface area contributed by atoms with Gasteiger partial charge in [0.15, 0.2) is 5.82 Å². The zero-order valence-corrected chi connectivity index (χ0v) is 14.8. The predicted octanol–water partition coefficient (Wildman–Crippen LogP) is 1.85. The topological polar surface area (TPSA) is 151 Å². The van der Waals surface area contributed by atoms with Crippen LogP contribution in [0, 0.1) is 0 Å². The zero-order chi connectivity index (χ0) is 19.7. The van der Waals surface area contributed by atoms with Crippen molar-refractivity contribution in [2.24, 2.45) is 0 Å². The molecule has 0 atom stereocenters. The molecule has 0 aliphatic carbocycles. The number of aromatic nitrogens is 2. The lowest BCUT2D eigenvalue weighted by Gasteiger charge is -2.14. The monoisotopic (exact) mass is 368 g/mol. The lowest BCUT2D eigenvalue weighted by atomic mass is 10.2. The summed E-state index contributed by atoms with van der Waals surface area (Å²) in [6.07, 6.45) is 1.66. The molecule has 0 radical (unpaired) electrons. The smallest absolute Gasteiger partial charge is 0.303 e. The van der Waals surface area contributed by atoms with Gasteiger partial charge in [-0.3, -0.25) is 19.2 Å². The van der Waals surface area contributed by atoms with Gasteiger partial charge in [0.25, 0.3) is 0 Å². The van der Waals surface area contributed by atoms with Crippen LogP contribution in [0.2, 0.25) is 0 Å². The van der Waals surface area contributed by atoms with Crippen molar-refractivity contribution in [1.82, 2.24) is 9.78 Å². The van der Waals surface area contributed by atoms with Gasteiger partial charge in [-0.05, 0) is 26.7 Å². The fourth-order valence-corrected chi connectivity index (χ4v) is 2.18. The maximum atomic E-state index is 12.0. The predicted molar refractivity (Wildman–Crippen MR) is 92.8 cm³/mol. The van der Waals surface area contributed by atoms with Gasteiger partial charge in [-0.1, -0.05) is 0 Å². The Labute approximate surface area is 150 Å². The molecule has 0 aliphatic heterocycles. The summed E-state index contributed by atoms with van der Waals surface area (Å²) in [6, 6.07) is -0.0815. The van der Waals surface area contributed by atoms with Gasteiger partial charge in [0, 0.05) is 31.7 Å². The summed E-state index contributed by atoms with van der Waals surface area (Å²) < 4.78 is 1.53. The molecule has 144 valence electrons. The molecule has 0 aliphatic rings. The molecule has 4 N–H and O–H groups in total. The lowest BCUT2D eigenvalue weighted by Crippen LogP contribution is -2.19. The first-order valence-electron chi connectivity index (χ1n) is 8.31. The van der Waals surface area contributed by atoms with E-state index in [-0.39, 0.29) is 56.4 Å². The maximum absolute atomic E-state index is 12.0. The highest BCUT2D eigenvalue weighted by Gasteiger charge is 2.17. The molecule has 1 aromatic heterocycles. The lowest BCUT2D eigenvalue weighted by molar-refractivity contribution is -0.138. The van der Waals surface area contributed by atoms with Gasteiger partial charge < -0.3 is 20.8 Å². The summed E-state index contributed by atoms with van der Waals surface area (Å²) in [5.74, 6) is -2.39. The van der Waals surface area contributed by atoms with E-state index in [0.29, 0.717) is 11.5 Å². The zero-order valence-electron chi connectivity index (χ0n) is 14.8. The molecular weight excluding hydrogens is 344 g/mol. The number of carboxylic acid groups (broad SMARTS) is 2. The molecule has 0 spiro atoms. The first-order valence-corrected chi connectivity index (χ1v) is 8.31. The molecule has 1 heterocycles. The molecule has 0 unspecified atom stereocenters. The molecule has 1 rings (SSSR count). The van der Waals surface area contributed by atoms with Crippen molar-refractivity contribution >= 4 is 35.3 Å². The number of anilines is 2. The Morgan fingerprint density at radius 1 is 0.962 bits per heavy atom. The Bertz CT molecular complexity index is 668. The average molecular weight is 368 g/mol. The average Bonchev–Trinajstić information content (AvgIpc) is 2.89. The molecule has 0 bridgehead atoms. The van der Waals surface area contributed by atoms with Crippen LogP contribution in [0.1, 0.15) is 58.4 Å². The van der Waals surface area contributed by atoms with Crippen LogP contribution in [0.5, 0.6) is 0 Å². The third-order valence-electron chi connectivity index (χ3n) is 3.41. The van der Waals surface area contributed by atoms with Gasteiger partial charge in [0.1, 0.15) is 5.69 Å². The van der Waals surface area contributed by atoms with Crippen LogP contribution in [-0.4, -0.2) is 43.7 Å². The number of aliphatic carboxylic acids is 2. The number of carbonyl (C=O) groups is 4. The second-order valence-corrected chi connectivity index (χ2v) is 6.04. The van der Waals surface area contributed by atoms with Crippen molar-refractivity contribution in [3.63, 3.8) is 0 Å². The van der Waals surface area contributed by atoms with Crippen LogP contribution < -0.4 is 10.6 Å². The SMILES string of the molecule is CC(C)n1ncc(NC(=O)CCCC(=O)O)c1NC(=O)CCCC(=O)O. The van der Waals surface area contributed by atoms with E-state index in [1.807, 2.05) is 13.8 Å². The molecule has 0 aromatic carbocycles. The van der Waals surface area contributed by atoms with Crippen molar-refractivity contribution in [2.45, 2.75) is 58.4 Å². The number of hydrogen-bond acceptors (Lipinski definition) is 5. The number of carbonyl (C=O) groups excluding carboxylic acids is 2. The van der Waals surface area contributed by atoms with Crippen molar-refractivity contribution in [2.75, 3.05) is 10.6 Å². The molecule has 0 fully saturated rings. The molecular formula is C16H24N4O6. The Morgan fingerprint density at radius 3 is 1.92 bits per heavy atom. The summed E-state index contributed by atoms with van der Waals surface area (Å²) in [5.41, 5.74) is 0.311. The van der Waals surface area contributed by atoms with Gasteiger partial charge in [0.2, 0.25) is 11.8 Å². The number of rotatable bonds is 11. The minimum absolute atomic E-state index is 0.0293. The highest BCUT2D eigenvalue weighted by atomic mass is 16.4. The normalized spacial score (nSPS) is 10.6. The van der Waals surface area contributed by atoms with Gasteiger partial charge >= 0.3 is 11.9 Å². The fraction of sp³-hybridized carbons (Fsp3) is 0.562. The first kappa shape index (κ1) is 21.1. The highest BCUT2D eigenvalue weighted by Crippen LogP contribution is 2.25. The molecule has 26 heavy (non-hydrogen) atoms. The largest absolute Gasteiger partial charge is 0.481 e. The van der Waals surface area contributed by atoms with Crippen LogP contribution in [0.15, 0.2) is 6.20 Å². The van der Waals surface area contributed by atoms with Gasteiger partial charge in [-0.15, -0.1) is 0 Å². The maximum Gasteiger partial charge on any atom is 0.303 e. The summed E-state index contributed by atoms with van der Waals surface area (Å²) in [5, 5.41) is 26.6. The Kier molecular flexibility index (Phi) is 8.26. The summed E-state index contributed by atoms with van der Waals surface area (Å²) in [7, 11) is 0. The minimum atomic E-state index is -0.973. The number of carboxylic acids is 2. The van der Waals surface area contributed by atoms with Gasteiger partial charge in [-0.25, -0.2) is 4.68 Å². The second kappa shape index (κ2) is 10.2.